The number of rotatable bonds is 6. The number of ether oxygens (including phenoxy) is 1. The first-order valence-corrected chi connectivity index (χ1v) is 6.85. The van der Waals surface area contributed by atoms with Crippen molar-refractivity contribution in [1.29, 1.82) is 0 Å². The van der Waals surface area contributed by atoms with E-state index in [1.54, 1.807) is 0 Å². The van der Waals surface area contributed by atoms with E-state index in [4.69, 9.17) is 9.84 Å². The molecule has 0 bridgehead atoms. The Labute approximate surface area is 119 Å². The first-order valence-electron chi connectivity index (χ1n) is 6.85. The van der Waals surface area contributed by atoms with Crippen LogP contribution in [0, 0.1) is 0 Å². The van der Waals surface area contributed by atoms with Gasteiger partial charge in [-0.2, -0.15) is 0 Å². The predicted octanol–water partition coefficient (Wildman–Crippen LogP) is 2.27. The van der Waals surface area contributed by atoms with E-state index in [0.717, 1.165) is 24.2 Å². The minimum absolute atomic E-state index is 0.448. The topological polar surface area (TPSA) is 58.6 Å². The summed E-state index contributed by atoms with van der Waals surface area (Å²) in [5, 5.41) is 12.2. The SMILES string of the molecule is C=C(C)CC(NCc1ccc2c(c1)COCC2)C(=O)O. The first kappa shape index (κ1) is 14.8. The zero-order valence-corrected chi connectivity index (χ0v) is 11.8. The van der Waals surface area contributed by atoms with Crippen molar-refractivity contribution in [2.45, 2.75) is 39.0 Å². The number of hydrogen-bond donors (Lipinski definition) is 2. The summed E-state index contributed by atoms with van der Waals surface area (Å²) in [6.45, 7) is 7.58. The molecule has 108 valence electrons. The average molecular weight is 275 g/mol. The fraction of sp³-hybridized carbons (Fsp3) is 0.438. The van der Waals surface area contributed by atoms with Crippen LogP contribution < -0.4 is 5.32 Å². The molecule has 1 aromatic rings. The molecule has 1 unspecified atom stereocenters. The minimum atomic E-state index is -0.839. The fourth-order valence-corrected chi connectivity index (χ4v) is 2.37. The predicted molar refractivity (Wildman–Crippen MR) is 77.5 cm³/mol. The van der Waals surface area contributed by atoms with Crippen LogP contribution in [0.25, 0.3) is 0 Å². The molecule has 1 aliphatic heterocycles. The Hall–Kier alpha value is -1.65. The summed E-state index contributed by atoms with van der Waals surface area (Å²) < 4.78 is 5.44. The van der Waals surface area contributed by atoms with E-state index in [0.29, 0.717) is 19.6 Å². The van der Waals surface area contributed by atoms with Gasteiger partial charge in [-0.15, -0.1) is 6.58 Å². The molecule has 0 saturated carbocycles. The molecule has 0 amide bonds. The summed E-state index contributed by atoms with van der Waals surface area (Å²) in [5.74, 6) is -0.839. The van der Waals surface area contributed by atoms with Crippen LogP contribution >= 0.6 is 0 Å². The molecule has 20 heavy (non-hydrogen) atoms. The Kier molecular flexibility index (Phi) is 4.93. The van der Waals surface area contributed by atoms with Gasteiger partial charge >= 0.3 is 5.97 Å². The molecule has 2 rings (SSSR count). The smallest absolute Gasteiger partial charge is 0.321 e. The summed E-state index contributed by atoms with van der Waals surface area (Å²) in [4.78, 5) is 11.2. The molecular formula is C16H21NO3. The zero-order chi connectivity index (χ0) is 14.5. The maximum Gasteiger partial charge on any atom is 0.321 e. The maximum absolute atomic E-state index is 11.2. The van der Waals surface area contributed by atoms with Crippen LogP contribution in [0.1, 0.15) is 30.0 Å². The van der Waals surface area contributed by atoms with Gasteiger partial charge in [0.25, 0.3) is 0 Å². The van der Waals surface area contributed by atoms with Crippen molar-refractivity contribution in [1.82, 2.24) is 5.32 Å². The molecule has 1 aromatic carbocycles. The van der Waals surface area contributed by atoms with Crippen molar-refractivity contribution in [2.24, 2.45) is 0 Å². The fourth-order valence-electron chi connectivity index (χ4n) is 2.37. The Morgan fingerprint density at radius 1 is 1.50 bits per heavy atom. The van der Waals surface area contributed by atoms with Gasteiger partial charge < -0.3 is 15.2 Å². The van der Waals surface area contributed by atoms with Crippen LogP contribution in [0.15, 0.2) is 30.4 Å². The van der Waals surface area contributed by atoms with Gasteiger partial charge in [-0.05, 0) is 36.5 Å². The Morgan fingerprint density at radius 2 is 2.30 bits per heavy atom. The molecule has 0 fully saturated rings. The van der Waals surface area contributed by atoms with E-state index >= 15 is 0 Å². The van der Waals surface area contributed by atoms with Gasteiger partial charge in [-0.3, -0.25) is 4.79 Å². The Bertz CT molecular complexity index is 510. The summed E-state index contributed by atoms with van der Waals surface area (Å²) in [6.07, 6.45) is 1.40. The lowest BCUT2D eigenvalue weighted by Gasteiger charge is -2.18. The lowest BCUT2D eigenvalue weighted by Crippen LogP contribution is -2.36. The highest BCUT2D eigenvalue weighted by molar-refractivity contribution is 5.73. The van der Waals surface area contributed by atoms with Crippen molar-refractivity contribution in [3.8, 4) is 0 Å². The molecule has 1 atom stereocenters. The molecule has 0 spiro atoms. The summed E-state index contributed by atoms with van der Waals surface area (Å²) in [5.41, 5.74) is 4.49. The molecule has 0 radical (unpaired) electrons. The van der Waals surface area contributed by atoms with E-state index in [9.17, 15) is 4.79 Å². The van der Waals surface area contributed by atoms with E-state index in [2.05, 4.69) is 30.1 Å². The standard InChI is InChI=1S/C16H21NO3/c1-11(2)7-15(16(18)19)17-9-12-3-4-13-5-6-20-10-14(13)8-12/h3-4,8,15,17H,1,5-7,9-10H2,2H3,(H,18,19). The molecule has 2 N–H and O–H groups in total. The highest BCUT2D eigenvalue weighted by Crippen LogP contribution is 2.18. The number of fused-ring (bicyclic) bond motifs is 1. The van der Waals surface area contributed by atoms with Crippen molar-refractivity contribution in [3.63, 3.8) is 0 Å². The number of carbonyl (C=O) groups is 1. The molecule has 4 heteroatoms. The highest BCUT2D eigenvalue weighted by atomic mass is 16.5. The van der Waals surface area contributed by atoms with E-state index < -0.39 is 12.0 Å². The third-order valence-corrected chi connectivity index (χ3v) is 3.45. The van der Waals surface area contributed by atoms with Crippen LogP contribution in [-0.4, -0.2) is 23.7 Å². The van der Waals surface area contributed by atoms with Crippen LogP contribution in [0.5, 0.6) is 0 Å². The number of carboxylic acid groups (broad SMARTS) is 1. The maximum atomic E-state index is 11.2. The van der Waals surface area contributed by atoms with Crippen LogP contribution in [0.3, 0.4) is 0 Å². The van der Waals surface area contributed by atoms with Crippen LogP contribution in [-0.2, 0) is 29.1 Å². The van der Waals surface area contributed by atoms with Gasteiger partial charge in [-0.25, -0.2) is 0 Å². The number of hydrogen-bond acceptors (Lipinski definition) is 3. The van der Waals surface area contributed by atoms with Crippen LogP contribution in [0.2, 0.25) is 0 Å². The van der Waals surface area contributed by atoms with E-state index in [1.165, 1.54) is 11.1 Å². The average Bonchev–Trinajstić information content (AvgIpc) is 2.42. The van der Waals surface area contributed by atoms with Crippen molar-refractivity contribution in [2.75, 3.05) is 6.61 Å². The van der Waals surface area contributed by atoms with Gasteiger partial charge in [-0.1, -0.05) is 23.8 Å². The molecule has 1 aliphatic rings. The molecular weight excluding hydrogens is 254 g/mol. The van der Waals surface area contributed by atoms with Gasteiger partial charge in [0.2, 0.25) is 0 Å². The summed E-state index contributed by atoms with van der Waals surface area (Å²) in [6, 6.07) is 5.68. The van der Waals surface area contributed by atoms with E-state index in [-0.39, 0.29) is 0 Å². The summed E-state index contributed by atoms with van der Waals surface area (Å²) in [7, 11) is 0. The molecule has 1 heterocycles. The third-order valence-electron chi connectivity index (χ3n) is 3.45. The lowest BCUT2D eigenvalue weighted by atomic mass is 10.00. The van der Waals surface area contributed by atoms with Gasteiger partial charge in [0.15, 0.2) is 0 Å². The molecule has 0 saturated heterocycles. The minimum Gasteiger partial charge on any atom is -0.480 e. The molecule has 0 aromatic heterocycles. The number of nitrogens with one attached hydrogen (secondary N) is 1. The number of benzene rings is 1. The first-order chi connectivity index (χ1) is 9.56. The Morgan fingerprint density at radius 3 is 3.00 bits per heavy atom. The second kappa shape index (κ2) is 6.68. The highest BCUT2D eigenvalue weighted by Gasteiger charge is 2.17. The largest absolute Gasteiger partial charge is 0.480 e. The second-order valence-electron chi connectivity index (χ2n) is 5.34. The zero-order valence-electron chi connectivity index (χ0n) is 11.8. The Balaban J connectivity index is 1.98. The third kappa shape index (κ3) is 3.92. The quantitative estimate of drug-likeness (QED) is 0.782. The molecule has 0 aliphatic carbocycles. The lowest BCUT2D eigenvalue weighted by molar-refractivity contribution is -0.139. The van der Waals surface area contributed by atoms with Crippen molar-refractivity contribution >= 4 is 5.97 Å². The van der Waals surface area contributed by atoms with Gasteiger partial charge in [0.1, 0.15) is 6.04 Å². The van der Waals surface area contributed by atoms with Gasteiger partial charge in [0.05, 0.1) is 13.2 Å². The van der Waals surface area contributed by atoms with Crippen LogP contribution in [0.4, 0.5) is 0 Å². The monoisotopic (exact) mass is 275 g/mol. The van der Waals surface area contributed by atoms with E-state index in [1.807, 2.05) is 6.92 Å². The summed E-state index contributed by atoms with van der Waals surface area (Å²) >= 11 is 0. The number of aliphatic carboxylic acids is 1. The second-order valence-corrected chi connectivity index (χ2v) is 5.34. The molecule has 4 nitrogen and oxygen atoms in total. The number of carboxylic acids is 1. The van der Waals surface area contributed by atoms with Crippen molar-refractivity contribution in [3.05, 3.63) is 47.0 Å². The van der Waals surface area contributed by atoms with Crippen molar-refractivity contribution < 1.29 is 14.6 Å². The normalized spacial score (nSPS) is 15.4. The van der Waals surface area contributed by atoms with Gasteiger partial charge in [0, 0.05) is 6.54 Å².